The molecular weight excluding hydrogens is 227 g/mol. The van der Waals surface area contributed by atoms with E-state index in [1.54, 1.807) is 0 Å². The second kappa shape index (κ2) is 4.35. The number of halogens is 2. The Morgan fingerprint density at radius 1 is 1.07 bits per heavy atom. The Morgan fingerprint density at radius 3 is 2.00 bits per heavy atom. The van der Waals surface area contributed by atoms with Crippen molar-refractivity contribution in [3.8, 4) is 0 Å². The van der Waals surface area contributed by atoms with Gasteiger partial charge in [-0.15, -0.1) is 11.6 Å². The van der Waals surface area contributed by atoms with Crippen molar-refractivity contribution in [3.05, 3.63) is 33.8 Å². The van der Waals surface area contributed by atoms with Crippen LogP contribution in [0.4, 0.5) is 0 Å². The van der Waals surface area contributed by atoms with Crippen LogP contribution in [-0.4, -0.2) is 0 Å². The third-order valence-electron chi connectivity index (χ3n) is 2.65. The number of rotatable bonds is 1. The molecule has 1 aromatic carbocycles. The van der Waals surface area contributed by atoms with Gasteiger partial charge in [0.05, 0.1) is 5.38 Å². The van der Waals surface area contributed by atoms with Crippen LogP contribution in [0.3, 0.4) is 0 Å². The molecule has 0 aliphatic rings. The van der Waals surface area contributed by atoms with Crippen molar-refractivity contribution in [1.29, 1.82) is 0 Å². The van der Waals surface area contributed by atoms with Gasteiger partial charge in [0.15, 0.2) is 0 Å². The molecule has 0 fully saturated rings. The van der Waals surface area contributed by atoms with E-state index >= 15 is 0 Å². The highest BCUT2D eigenvalue weighted by Gasteiger charge is 2.26. The number of hydrogen-bond donors (Lipinski definition) is 0. The summed E-state index contributed by atoms with van der Waals surface area (Å²) < 4.78 is 0. The van der Waals surface area contributed by atoms with Crippen molar-refractivity contribution < 1.29 is 0 Å². The fourth-order valence-corrected chi connectivity index (χ4v) is 2.03. The van der Waals surface area contributed by atoms with Crippen LogP contribution in [0, 0.1) is 19.3 Å². The van der Waals surface area contributed by atoms with Gasteiger partial charge in [0.1, 0.15) is 0 Å². The van der Waals surface area contributed by atoms with Gasteiger partial charge in [-0.1, -0.05) is 38.4 Å². The molecule has 1 unspecified atom stereocenters. The smallest absolute Gasteiger partial charge is 0.0648 e. The van der Waals surface area contributed by atoms with E-state index < -0.39 is 0 Å². The molecule has 0 aliphatic carbocycles. The fourth-order valence-electron chi connectivity index (χ4n) is 1.46. The van der Waals surface area contributed by atoms with Crippen molar-refractivity contribution >= 4 is 23.2 Å². The molecule has 1 aromatic rings. The lowest BCUT2D eigenvalue weighted by atomic mass is 9.86. The Morgan fingerprint density at radius 2 is 1.53 bits per heavy atom. The highest BCUT2D eigenvalue weighted by molar-refractivity contribution is 6.33. The van der Waals surface area contributed by atoms with Crippen LogP contribution in [0.15, 0.2) is 12.1 Å². The van der Waals surface area contributed by atoms with Crippen LogP contribution in [0.1, 0.15) is 42.8 Å². The van der Waals surface area contributed by atoms with Gasteiger partial charge >= 0.3 is 0 Å². The van der Waals surface area contributed by atoms with E-state index in [1.807, 2.05) is 6.07 Å². The first-order chi connectivity index (χ1) is 6.73. The Bertz CT molecular complexity index is 362. The number of alkyl halides is 1. The molecule has 0 saturated heterocycles. The zero-order valence-electron chi connectivity index (χ0n) is 9.99. The Hall–Kier alpha value is -0.200. The first kappa shape index (κ1) is 12.9. The number of aryl methyl sites for hydroxylation is 2. The van der Waals surface area contributed by atoms with Crippen LogP contribution < -0.4 is 0 Å². The van der Waals surface area contributed by atoms with Gasteiger partial charge in [-0.3, -0.25) is 0 Å². The molecule has 1 atom stereocenters. The predicted molar refractivity (Wildman–Crippen MR) is 69.0 cm³/mol. The second-order valence-electron chi connectivity index (χ2n) is 5.19. The molecule has 84 valence electrons. The zero-order valence-corrected chi connectivity index (χ0v) is 11.5. The average molecular weight is 245 g/mol. The highest BCUT2D eigenvalue weighted by atomic mass is 35.5. The minimum atomic E-state index is -0.0516. The quantitative estimate of drug-likeness (QED) is 0.590. The molecule has 1 rings (SSSR count). The summed E-state index contributed by atoms with van der Waals surface area (Å²) in [5, 5.41) is 0.720. The van der Waals surface area contributed by atoms with Crippen LogP contribution >= 0.6 is 23.2 Å². The van der Waals surface area contributed by atoms with Crippen molar-refractivity contribution in [1.82, 2.24) is 0 Å². The van der Waals surface area contributed by atoms with Gasteiger partial charge in [0.2, 0.25) is 0 Å². The zero-order chi connectivity index (χ0) is 11.8. The largest absolute Gasteiger partial charge is 0.117 e. The first-order valence-electron chi connectivity index (χ1n) is 5.14. The molecular formula is C13H18Cl2. The maximum absolute atomic E-state index is 6.43. The normalized spacial score (nSPS) is 14.1. The topological polar surface area (TPSA) is 0 Å². The summed E-state index contributed by atoms with van der Waals surface area (Å²) in [6, 6.07) is 4.09. The lowest BCUT2D eigenvalue weighted by Crippen LogP contribution is -2.14. The maximum atomic E-state index is 6.43. The second-order valence-corrected chi connectivity index (χ2v) is 6.03. The van der Waals surface area contributed by atoms with Gasteiger partial charge < -0.3 is 0 Å². The predicted octanol–water partition coefficient (Wildman–Crippen LogP) is 5.28. The molecule has 0 aliphatic heterocycles. The van der Waals surface area contributed by atoms with Crippen LogP contribution in [0.25, 0.3) is 0 Å². The lowest BCUT2D eigenvalue weighted by Gasteiger charge is -2.26. The number of hydrogen-bond acceptors (Lipinski definition) is 0. The summed E-state index contributed by atoms with van der Waals surface area (Å²) in [6.07, 6.45) is 0. The molecule has 0 bridgehead atoms. The Kier molecular flexibility index (Phi) is 3.73. The van der Waals surface area contributed by atoms with E-state index in [2.05, 4.69) is 40.7 Å². The molecule has 0 heterocycles. The molecule has 0 amide bonds. The standard InChI is InChI=1S/C13H18Cl2/c1-8-6-10(11(14)7-9(8)2)12(15)13(3,4)5/h6-7,12H,1-5H3. The monoisotopic (exact) mass is 244 g/mol. The molecule has 0 spiro atoms. The molecule has 2 heteroatoms. The lowest BCUT2D eigenvalue weighted by molar-refractivity contribution is 0.396. The summed E-state index contributed by atoms with van der Waals surface area (Å²) in [5.74, 6) is 0. The third-order valence-corrected chi connectivity index (χ3v) is 3.86. The van der Waals surface area contributed by atoms with Crippen molar-refractivity contribution in [3.63, 3.8) is 0 Å². The van der Waals surface area contributed by atoms with E-state index in [-0.39, 0.29) is 10.8 Å². The third kappa shape index (κ3) is 2.89. The summed E-state index contributed by atoms with van der Waals surface area (Å²) in [5.41, 5.74) is 3.51. The minimum Gasteiger partial charge on any atom is -0.117 e. The van der Waals surface area contributed by atoms with Gasteiger partial charge in [-0.25, -0.2) is 0 Å². The van der Waals surface area contributed by atoms with E-state index in [9.17, 15) is 0 Å². The van der Waals surface area contributed by atoms with E-state index in [4.69, 9.17) is 23.2 Å². The van der Waals surface area contributed by atoms with E-state index in [0.717, 1.165) is 10.6 Å². The SMILES string of the molecule is Cc1cc(Cl)c(C(Cl)C(C)(C)C)cc1C. The van der Waals surface area contributed by atoms with Gasteiger partial charge in [-0.2, -0.15) is 0 Å². The van der Waals surface area contributed by atoms with Crippen molar-refractivity contribution in [2.75, 3.05) is 0 Å². The van der Waals surface area contributed by atoms with Crippen LogP contribution in [0.5, 0.6) is 0 Å². The number of benzene rings is 1. The van der Waals surface area contributed by atoms with E-state index in [0.29, 0.717) is 0 Å². The van der Waals surface area contributed by atoms with Gasteiger partial charge in [0.25, 0.3) is 0 Å². The summed E-state index contributed by atoms with van der Waals surface area (Å²) in [7, 11) is 0. The fraction of sp³-hybridized carbons (Fsp3) is 0.538. The minimum absolute atomic E-state index is 0.0207. The molecule has 0 saturated carbocycles. The summed E-state index contributed by atoms with van der Waals surface area (Å²) in [4.78, 5) is 0. The molecule has 0 radical (unpaired) electrons. The van der Waals surface area contributed by atoms with Crippen LogP contribution in [0.2, 0.25) is 5.02 Å². The Labute approximate surface area is 103 Å². The van der Waals surface area contributed by atoms with E-state index in [1.165, 1.54) is 11.1 Å². The summed E-state index contributed by atoms with van der Waals surface area (Å²) in [6.45, 7) is 10.5. The maximum Gasteiger partial charge on any atom is 0.0648 e. The van der Waals surface area contributed by atoms with Gasteiger partial charge in [0, 0.05) is 5.02 Å². The molecule has 0 nitrogen and oxygen atoms in total. The highest BCUT2D eigenvalue weighted by Crippen LogP contribution is 2.41. The molecule has 0 N–H and O–H groups in total. The van der Waals surface area contributed by atoms with Crippen molar-refractivity contribution in [2.24, 2.45) is 5.41 Å². The molecule has 15 heavy (non-hydrogen) atoms. The van der Waals surface area contributed by atoms with Crippen LogP contribution in [-0.2, 0) is 0 Å². The summed E-state index contributed by atoms with van der Waals surface area (Å²) >= 11 is 12.6. The van der Waals surface area contributed by atoms with Gasteiger partial charge in [-0.05, 0) is 42.0 Å². The average Bonchev–Trinajstić information content (AvgIpc) is 2.08. The molecule has 0 aromatic heterocycles. The first-order valence-corrected chi connectivity index (χ1v) is 5.95. The Balaban J connectivity index is 3.21. The van der Waals surface area contributed by atoms with Crippen molar-refractivity contribution in [2.45, 2.75) is 40.0 Å².